The zero-order valence-electron chi connectivity index (χ0n) is 14.8. The van der Waals surface area contributed by atoms with E-state index in [0.29, 0.717) is 16.5 Å². The molecule has 0 aliphatic carbocycles. The summed E-state index contributed by atoms with van der Waals surface area (Å²) in [6.45, 7) is 2.95. The van der Waals surface area contributed by atoms with Crippen LogP contribution in [0.25, 0.3) is 10.9 Å². The van der Waals surface area contributed by atoms with Crippen LogP contribution in [0.5, 0.6) is 5.88 Å². The maximum absolute atomic E-state index is 12.8. The van der Waals surface area contributed by atoms with E-state index >= 15 is 0 Å². The zero-order valence-corrected chi connectivity index (χ0v) is 15.6. The molecule has 8 heteroatoms. The highest BCUT2D eigenvalue weighted by atomic mass is 32.2. The number of carboxylic acid groups (broad SMARTS) is 1. The minimum Gasteiger partial charge on any atom is -0.479 e. The summed E-state index contributed by atoms with van der Waals surface area (Å²) in [4.78, 5) is 15.2. The van der Waals surface area contributed by atoms with Gasteiger partial charge in [-0.05, 0) is 37.6 Å². The number of aryl methyl sites for hydroxylation is 2. The van der Waals surface area contributed by atoms with Crippen LogP contribution in [0.4, 0.5) is 5.69 Å². The Labute approximate surface area is 156 Å². The van der Waals surface area contributed by atoms with E-state index in [9.17, 15) is 13.2 Å². The van der Waals surface area contributed by atoms with Gasteiger partial charge in [-0.25, -0.2) is 18.2 Å². The van der Waals surface area contributed by atoms with Crippen LogP contribution in [0.2, 0.25) is 0 Å². The first-order valence-electron chi connectivity index (χ1n) is 8.11. The van der Waals surface area contributed by atoms with Gasteiger partial charge >= 0.3 is 5.97 Å². The fourth-order valence-corrected chi connectivity index (χ4v) is 3.99. The van der Waals surface area contributed by atoms with Crippen LogP contribution in [-0.4, -0.2) is 31.1 Å². The average Bonchev–Trinajstić information content (AvgIpc) is 2.59. The van der Waals surface area contributed by atoms with Gasteiger partial charge in [0.25, 0.3) is 10.0 Å². The highest BCUT2D eigenvalue weighted by molar-refractivity contribution is 7.92. The van der Waals surface area contributed by atoms with E-state index in [1.54, 1.807) is 49.4 Å². The quantitative estimate of drug-likeness (QED) is 0.674. The molecule has 0 atom stereocenters. The van der Waals surface area contributed by atoms with Gasteiger partial charge in [-0.15, -0.1) is 0 Å². The van der Waals surface area contributed by atoms with Crippen molar-refractivity contribution in [3.63, 3.8) is 0 Å². The summed E-state index contributed by atoms with van der Waals surface area (Å²) in [5, 5.41) is 9.55. The first-order valence-corrected chi connectivity index (χ1v) is 9.59. The molecule has 0 spiro atoms. The zero-order chi connectivity index (χ0) is 19.6. The second-order valence-corrected chi connectivity index (χ2v) is 7.74. The molecule has 3 aromatic rings. The van der Waals surface area contributed by atoms with Crippen LogP contribution in [-0.2, 0) is 14.8 Å². The van der Waals surface area contributed by atoms with Crippen molar-refractivity contribution >= 4 is 32.6 Å². The van der Waals surface area contributed by atoms with E-state index in [4.69, 9.17) is 9.84 Å². The molecule has 1 aromatic heterocycles. The lowest BCUT2D eigenvalue weighted by atomic mass is 10.2. The number of benzene rings is 2. The van der Waals surface area contributed by atoms with Gasteiger partial charge in [0.2, 0.25) is 5.88 Å². The van der Waals surface area contributed by atoms with Gasteiger partial charge in [0.1, 0.15) is 5.69 Å². The average molecular weight is 386 g/mol. The molecular formula is C19H18N2O5S. The minimum absolute atomic E-state index is 0.0786. The molecule has 2 N–H and O–H groups in total. The summed E-state index contributed by atoms with van der Waals surface area (Å²) < 4.78 is 33.4. The van der Waals surface area contributed by atoms with Crippen molar-refractivity contribution in [2.45, 2.75) is 18.7 Å². The van der Waals surface area contributed by atoms with Crippen LogP contribution < -0.4 is 9.46 Å². The number of aromatic nitrogens is 1. The van der Waals surface area contributed by atoms with Crippen molar-refractivity contribution in [2.75, 3.05) is 11.3 Å². The van der Waals surface area contributed by atoms with E-state index < -0.39 is 22.6 Å². The van der Waals surface area contributed by atoms with E-state index in [2.05, 4.69) is 9.71 Å². The third-order valence-corrected chi connectivity index (χ3v) is 5.41. The number of para-hydroxylation sites is 1. The lowest BCUT2D eigenvalue weighted by Crippen LogP contribution is -2.17. The maximum Gasteiger partial charge on any atom is 0.341 e. The third kappa shape index (κ3) is 4.17. The second kappa shape index (κ2) is 7.24. The predicted molar refractivity (Wildman–Crippen MR) is 102 cm³/mol. The number of pyridine rings is 1. The van der Waals surface area contributed by atoms with Crippen LogP contribution in [0.1, 0.15) is 11.1 Å². The standard InChI is InChI=1S/C19H18N2O5S/c1-12-7-8-17(13(2)9-12)27(24,25)21-16-10-14-5-3-4-6-15(14)20-19(16)26-11-18(22)23/h3-10,21H,11H2,1-2H3,(H,22,23). The first kappa shape index (κ1) is 18.7. The molecule has 2 aromatic carbocycles. The number of anilines is 1. The molecule has 0 fully saturated rings. The molecule has 0 unspecified atom stereocenters. The summed E-state index contributed by atoms with van der Waals surface area (Å²) in [6, 6.07) is 13.7. The van der Waals surface area contributed by atoms with Gasteiger partial charge in [-0.3, -0.25) is 4.72 Å². The van der Waals surface area contributed by atoms with Gasteiger partial charge in [0.15, 0.2) is 6.61 Å². The van der Waals surface area contributed by atoms with Gasteiger partial charge in [0, 0.05) is 5.39 Å². The summed E-state index contributed by atoms with van der Waals surface area (Å²) in [5.41, 5.74) is 2.19. The minimum atomic E-state index is -3.91. The molecule has 3 rings (SSSR count). The number of rotatable bonds is 6. The third-order valence-electron chi connectivity index (χ3n) is 3.89. The summed E-state index contributed by atoms with van der Waals surface area (Å²) in [5.74, 6) is -1.28. The fourth-order valence-electron chi connectivity index (χ4n) is 2.71. The van der Waals surface area contributed by atoms with E-state index in [1.807, 2.05) is 6.92 Å². The number of carbonyl (C=O) groups is 1. The number of carboxylic acids is 1. The molecule has 27 heavy (non-hydrogen) atoms. The normalized spacial score (nSPS) is 11.3. The Morgan fingerprint density at radius 3 is 2.59 bits per heavy atom. The van der Waals surface area contributed by atoms with E-state index in [0.717, 1.165) is 5.56 Å². The SMILES string of the molecule is Cc1ccc(S(=O)(=O)Nc2cc3ccccc3nc2OCC(=O)O)c(C)c1. The number of nitrogens with one attached hydrogen (secondary N) is 1. The molecule has 0 aliphatic rings. The van der Waals surface area contributed by atoms with Crippen molar-refractivity contribution in [1.82, 2.24) is 4.98 Å². The Hall–Kier alpha value is -3.13. The Morgan fingerprint density at radius 2 is 1.89 bits per heavy atom. The summed E-state index contributed by atoms with van der Waals surface area (Å²) >= 11 is 0. The predicted octanol–water partition coefficient (Wildman–Crippen LogP) is 3.12. The Bertz CT molecular complexity index is 1130. The maximum atomic E-state index is 12.8. The molecule has 0 radical (unpaired) electrons. The second-order valence-electron chi connectivity index (χ2n) is 6.09. The molecular weight excluding hydrogens is 368 g/mol. The lowest BCUT2D eigenvalue weighted by Gasteiger charge is -2.14. The van der Waals surface area contributed by atoms with Crippen LogP contribution >= 0.6 is 0 Å². The van der Waals surface area contributed by atoms with Crippen LogP contribution in [0.15, 0.2) is 53.4 Å². The van der Waals surface area contributed by atoms with Gasteiger partial charge in [-0.1, -0.05) is 35.9 Å². The molecule has 140 valence electrons. The molecule has 0 bridgehead atoms. The largest absolute Gasteiger partial charge is 0.479 e. The number of ether oxygens (including phenoxy) is 1. The van der Waals surface area contributed by atoms with E-state index in [1.165, 1.54) is 6.07 Å². The van der Waals surface area contributed by atoms with Crippen LogP contribution in [0.3, 0.4) is 0 Å². The first-order chi connectivity index (χ1) is 12.8. The van der Waals surface area contributed by atoms with Crippen molar-refractivity contribution in [3.8, 4) is 5.88 Å². The topological polar surface area (TPSA) is 106 Å². The molecule has 0 saturated carbocycles. The van der Waals surface area contributed by atoms with Crippen LogP contribution in [0, 0.1) is 13.8 Å². The number of aliphatic carboxylic acids is 1. The summed E-state index contributed by atoms with van der Waals surface area (Å²) in [7, 11) is -3.91. The number of hydrogen-bond acceptors (Lipinski definition) is 5. The Kier molecular flexibility index (Phi) is 5.00. The smallest absolute Gasteiger partial charge is 0.341 e. The number of nitrogens with zero attached hydrogens (tertiary/aromatic N) is 1. The highest BCUT2D eigenvalue weighted by Crippen LogP contribution is 2.30. The molecule has 0 aliphatic heterocycles. The lowest BCUT2D eigenvalue weighted by molar-refractivity contribution is -0.139. The monoisotopic (exact) mass is 386 g/mol. The van der Waals surface area contributed by atoms with Gasteiger partial charge < -0.3 is 9.84 Å². The molecule has 0 amide bonds. The van der Waals surface area contributed by atoms with Crippen molar-refractivity contribution < 1.29 is 23.1 Å². The van der Waals surface area contributed by atoms with E-state index in [-0.39, 0.29) is 16.5 Å². The summed E-state index contributed by atoms with van der Waals surface area (Å²) in [6.07, 6.45) is 0. The molecule has 1 heterocycles. The van der Waals surface area contributed by atoms with Crippen molar-refractivity contribution in [3.05, 3.63) is 59.7 Å². The number of fused-ring (bicyclic) bond motifs is 1. The van der Waals surface area contributed by atoms with Gasteiger partial charge in [0.05, 0.1) is 10.4 Å². The number of hydrogen-bond donors (Lipinski definition) is 2. The number of sulfonamides is 1. The fraction of sp³-hybridized carbons (Fsp3) is 0.158. The molecule has 7 nitrogen and oxygen atoms in total. The molecule has 0 saturated heterocycles. The van der Waals surface area contributed by atoms with Crippen molar-refractivity contribution in [1.29, 1.82) is 0 Å². The van der Waals surface area contributed by atoms with Crippen molar-refractivity contribution in [2.24, 2.45) is 0 Å². The van der Waals surface area contributed by atoms with Gasteiger partial charge in [-0.2, -0.15) is 0 Å². The Morgan fingerprint density at radius 1 is 1.15 bits per heavy atom. The Balaban J connectivity index is 2.05. The highest BCUT2D eigenvalue weighted by Gasteiger charge is 2.20.